The molecule has 0 saturated carbocycles. The fourth-order valence-electron chi connectivity index (χ4n) is 2.94. The van der Waals surface area contributed by atoms with Crippen LogP contribution >= 0.6 is 11.8 Å². The number of carboxylic acids is 1. The van der Waals surface area contributed by atoms with E-state index in [1.54, 1.807) is 0 Å². The first-order chi connectivity index (χ1) is 8.06. The molecule has 4 heteroatoms. The molecule has 1 aliphatic carbocycles. The second-order valence-electron chi connectivity index (χ2n) is 5.33. The summed E-state index contributed by atoms with van der Waals surface area (Å²) in [6, 6.07) is -0.345. The maximum absolute atomic E-state index is 11.0. The number of nitrogens with one attached hydrogen (secondary N) is 1. The van der Waals surface area contributed by atoms with Crippen molar-refractivity contribution >= 4 is 17.7 Å². The Morgan fingerprint density at radius 3 is 3.00 bits per heavy atom. The van der Waals surface area contributed by atoms with E-state index in [1.807, 2.05) is 11.8 Å². The molecule has 2 rings (SSSR count). The van der Waals surface area contributed by atoms with Gasteiger partial charge in [-0.2, -0.15) is 0 Å². The largest absolute Gasteiger partial charge is 0.480 e. The van der Waals surface area contributed by atoms with Crippen molar-refractivity contribution in [2.24, 2.45) is 11.8 Å². The van der Waals surface area contributed by atoms with Crippen molar-refractivity contribution in [1.29, 1.82) is 0 Å². The molecular formula is C13H21NO2S. The third-order valence-electron chi connectivity index (χ3n) is 3.62. The fraction of sp³-hybridized carbons (Fsp3) is 0.769. The van der Waals surface area contributed by atoms with Gasteiger partial charge in [0.15, 0.2) is 0 Å². The molecule has 1 aliphatic heterocycles. The Bertz CT molecular complexity index is 329. The summed E-state index contributed by atoms with van der Waals surface area (Å²) in [6.45, 7) is 4.43. The average Bonchev–Trinajstić information content (AvgIpc) is 2.28. The lowest BCUT2D eigenvalue weighted by Crippen LogP contribution is -2.49. The lowest BCUT2D eigenvalue weighted by atomic mass is 9.83. The van der Waals surface area contributed by atoms with Crippen molar-refractivity contribution in [3.63, 3.8) is 0 Å². The lowest BCUT2D eigenvalue weighted by molar-refractivity contribution is -0.139. The summed E-state index contributed by atoms with van der Waals surface area (Å²) in [5.41, 5.74) is 1.45. The molecule has 1 heterocycles. The molecule has 17 heavy (non-hydrogen) atoms. The minimum Gasteiger partial charge on any atom is -0.480 e. The van der Waals surface area contributed by atoms with E-state index in [0.717, 1.165) is 18.6 Å². The van der Waals surface area contributed by atoms with E-state index in [-0.39, 0.29) is 6.04 Å². The molecule has 0 aromatic heterocycles. The van der Waals surface area contributed by atoms with Crippen LogP contribution in [-0.4, -0.2) is 28.2 Å². The molecule has 4 atom stereocenters. The molecule has 0 aromatic rings. The number of carbonyl (C=O) groups is 1. The quantitative estimate of drug-likeness (QED) is 0.744. The normalized spacial score (nSPS) is 38.6. The molecular weight excluding hydrogens is 234 g/mol. The first-order valence-electron chi connectivity index (χ1n) is 6.34. The zero-order valence-corrected chi connectivity index (χ0v) is 11.3. The third-order valence-corrected chi connectivity index (χ3v) is 4.97. The maximum Gasteiger partial charge on any atom is 0.320 e. The molecule has 1 saturated heterocycles. The summed E-state index contributed by atoms with van der Waals surface area (Å²) in [6.07, 6.45) is 5.38. The van der Waals surface area contributed by atoms with Gasteiger partial charge in [0.1, 0.15) is 6.04 Å². The van der Waals surface area contributed by atoms with Crippen LogP contribution in [0.1, 0.15) is 33.1 Å². The summed E-state index contributed by atoms with van der Waals surface area (Å²) >= 11 is 1.89. The van der Waals surface area contributed by atoms with E-state index in [1.165, 1.54) is 12.0 Å². The molecule has 1 fully saturated rings. The third kappa shape index (κ3) is 3.26. The van der Waals surface area contributed by atoms with Gasteiger partial charge in [0, 0.05) is 0 Å². The molecule has 3 nitrogen and oxygen atoms in total. The highest BCUT2D eigenvalue weighted by molar-refractivity contribution is 7.99. The number of thioether (sulfide) groups is 1. The van der Waals surface area contributed by atoms with Crippen molar-refractivity contribution in [1.82, 2.24) is 5.32 Å². The van der Waals surface area contributed by atoms with Crippen LogP contribution in [-0.2, 0) is 4.79 Å². The summed E-state index contributed by atoms with van der Waals surface area (Å²) in [7, 11) is 0. The molecule has 96 valence electrons. The molecule has 4 unspecified atom stereocenters. The number of hydrogen-bond acceptors (Lipinski definition) is 3. The van der Waals surface area contributed by atoms with Crippen molar-refractivity contribution < 1.29 is 9.90 Å². The van der Waals surface area contributed by atoms with Gasteiger partial charge in [-0.1, -0.05) is 18.6 Å². The van der Waals surface area contributed by atoms with Crippen LogP contribution in [0, 0.1) is 11.8 Å². The van der Waals surface area contributed by atoms with Crippen molar-refractivity contribution in [2.75, 3.05) is 5.75 Å². The minimum absolute atomic E-state index is 0.316. The second-order valence-corrected chi connectivity index (χ2v) is 6.58. The number of rotatable bonds is 2. The van der Waals surface area contributed by atoms with E-state index in [9.17, 15) is 4.79 Å². The Hall–Kier alpha value is -0.480. The van der Waals surface area contributed by atoms with Gasteiger partial charge in [0.25, 0.3) is 0 Å². The Morgan fingerprint density at radius 1 is 1.59 bits per heavy atom. The highest BCUT2D eigenvalue weighted by atomic mass is 32.2. The van der Waals surface area contributed by atoms with Gasteiger partial charge in [-0.05, 0) is 43.8 Å². The predicted molar refractivity (Wildman–Crippen MR) is 71.1 cm³/mol. The van der Waals surface area contributed by atoms with Crippen LogP contribution in [0.4, 0.5) is 0 Å². The van der Waals surface area contributed by atoms with E-state index < -0.39 is 5.97 Å². The summed E-state index contributed by atoms with van der Waals surface area (Å²) in [5.74, 6) is 1.47. The van der Waals surface area contributed by atoms with Crippen molar-refractivity contribution in [3.8, 4) is 0 Å². The van der Waals surface area contributed by atoms with Crippen LogP contribution in [0.25, 0.3) is 0 Å². The molecule has 0 radical (unpaired) electrons. The lowest BCUT2D eigenvalue weighted by Gasteiger charge is -2.37. The SMILES string of the molecule is CC1=CC(C)CC(C2NC(C(=O)O)CCS2)C1. The van der Waals surface area contributed by atoms with Crippen LogP contribution < -0.4 is 5.32 Å². The zero-order chi connectivity index (χ0) is 12.4. The molecule has 2 aliphatic rings. The number of carboxylic acid groups (broad SMARTS) is 1. The Kier molecular flexibility index (Phi) is 4.15. The first kappa shape index (κ1) is 13.0. The molecule has 0 amide bonds. The summed E-state index contributed by atoms with van der Waals surface area (Å²) in [4.78, 5) is 11.0. The Balaban J connectivity index is 1.98. The zero-order valence-electron chi connectivity index (χ0n) is 10.5. The predicted octanol–water partition coefficient (Wildman–Crippen LogP) is 2.48. The van der Waals surface area contributed by atoms with Crippen LogP contribution in [0.15, 0.2) is 11.6 Å². The van der Waals surface area contributed by atoms with Crippen LogP contribution in [0.2, 0.25) is 0 Å². The second kappa shape index (κ2) is 5.44. The standard InChI is InChI=1S/C13H21NO2S/c1-8-5-9(2)7-10(6-8)12-14-11(13(15)16)3-4-17-12/h5,8,10-12,14H,3-4,6-7H2,1-2H3,(H,15,16). The van der Waals surface area contributed by atoms with Gasteiger partial charge in [0.05, 0.1) is 5.37 Å². The highest BCUT2D eigenvalue weighted by Gasteiger charge is 2.33. The maximum atomic E-state index is 11.0. The van der Waals surface area contributed by atoms with Gasteiger partial charge in [-0.15, -0.1) is 11.8 Å². The van der Waals surface area contributed by atoms with Crippen molar-refractivity contribution in [2.45, 2.75) is 44.5 Å². The molecule has 0 bridgehead atoms. The smallest absolute Gasteiger partial charge is 0.320 e. The number of hydrogen-bond donors (Lipinski definition) is 2. The average molecular weight is 255 g/mol. The highest BCUT2D eigenvalue weighted by Crippen LogP contribution is 2.36. The fourth-order valence-corrected chi connectivity index (χ4v) is 4.30. The summed E-state index contributed by atoms with van der Waals surface area (Å²) < 4.78 is 0. The van der Waals surface area contributed by atoms with E-state index in [4.69, 9.17) is 5.11 Å². The van der Waals surface area contributed by atoms with Crippen LogP contribution in [0.5, 0.6) is 0 Å². The summed E-state index contributed by atoms with van der Waals surface area (Å²) in [5, 5.41) is 12.7. The number of allylic oxidation sites excluding steroid dienone is 2. The van der Waals surface area contributed by atoms with Gasteiger partial charge in [0.2, 0.25) is 0 Å². The monoisotopic (exact) mass is 255 g/mol. The molecule has 2 N–H and O–H groups in total. The van der Waals surface area contributed by atoms with Gasteiger partial charge >= 0.3 is 5.97 Å². The number of aliphatic carboxylic acids is 1. The Labute approximate surface area is 107 Å². The minimum atomic E-state index is -0.702. The topological polar surface area (TPSA) is 49.3 Å². The van der Waals surface area contributed by atoms with E-state index in [0.29, 0.717) is 17.2 Å². The van der Waals surface area contributed by atoms with Crippen molar-refractivity contribution in [3.05, 3.63) is 11.6 Å². The van der Waals surface area contributed by atoms with Gasteiger partial charge < -0.3 is 5.11 Å². The van der Waals surface area contributed by atoms with Crippen LogP contribution in [0.3, 0.4) is 0 Å². The van der Waals surface area contributed by atoms with Gasteiger partial charge in [-0.3, -0.25) is 10.1 Å². The van der Waals surface area contributed by atoms with Gasteiger partial charge in [-0.25, -0.2) is 0 Å². The van der Waals surface area contributed by atoms with E-state index in [2.05, 4.69) is 25.2 Å². The Morgan fingerprint density at radius 2 is 2.35 bits per heavy atom. The molecule has 0 aromatic carbocycles. The molecule has 0 spiro atoms. The van der Waals surface area contributed by atoms with E-state index >= 15 is 0 Å². The first-order valence-corrected chi connectivity index (χ1v) is 7.39.